The molecule has 7 heteroatoms. The van der Waals surface area contributed by atoms with Crippen molar-refractivity contribution in [2.75, 3.05) is 7.11 Å². The van der Waals surface area contributed by atoms with Crippen molar-refractivity contribution in [3.05, 3.63) is 69.2 Å². The van der Waals surface area contributed by atoms with Crippen molar-refractivity contribution in [2.45, 2.75) is 34.3 Å². The monoisotopic (exact) mass is 405 g/mol. The second-order valence-electron chi connectivity index (χ2n) is 5.83. The van der Waals surface area contributed by atoms with Crippen LogP contribution in [0.15, 0.2) is 41.6 Å². The molecule has 0 aromatic heterocycles. The topological polar surface area (TPSA) is 109 Å². The molecule has 0 saturated carbocycles. The van der Waals surface area contributed by atoms with Gasteiger partial charge >= 0.3 is 0 Å². The Morgan fingerprint density at radius 3 is 2.39 bits per heavy atom. The van der Waals surface area contributed by atoms with Crippen LogP contribution in [0.5, 0.6) is 0 Å². The van der Waals surface area contributed by atoms with Crippen LogP contribution in [0.2, 0.25) is 5.02 Å². The molecule has 0 aliphatic rings. The largest absolute Gasteiger partial charge is 0.400 e. The van der Waals surface area contributed by atoms with Gasteiger partial charge in [0.2, 0.25) is 6.41 Å². The zero-order chi connectivity index (χ0) is 21.7. The second-order valence-corrected chi connectivity index (χ2v) is 6.27. The minimum atomic E-state index is 0.250. The number of aryl methyl sites for hydroxylation is 2. The average molecular weight is 406 g/mol. The first-order chi connectivity index (χ1) is 13.3. The Bertz CT molecular complexity index is 800. The van der Waals surface area contributed by atoms with Gasteiger partial charge < -0.3 is 21.1 Å². The first-order valence-electron chi connectivity index (χ1n) is 8.48. The summed E-state index contributed by atoms with van der Waals surface area (Å²) in [5, 5.41) is 19.8. The van der Waals surface area contributed by atoms with Gasteiger partial charge in [0.1, 0.15) is 6.61 Å². The zero-order valence-electron chi connectivity index (χ0n) is 16.9. The van der Waals surface area contributed by atoms with E-state index in [-0.39, 0.29) is 6.41 Å². The smallest absolute Gasteiger partial charge is 0.204 e. The maximum absolute atomic E-state index is 8.58. The molecule has 6 nitrogen and oxygen atoms in total. The number of aliphatic hydroxyl groups excluding tert-OH is 1. The van der Waals surface area contributed by atoms with Gasteiger partial charge in [-0.25, -0.2) is 0 Å². The molecule has 0 saturated heterocycles. The second kappa shape index (κ2) is 13.5. The van der Waals surface area contributed by atoms with E-state index in [4.69, 9.17) is 31.7 Å². The summed E-state index contributed by atoms with van der Waals surface area (Å²) < 4.78 is 0. The van der Waals surface area contributed by atoms with Gasteiger partial charge in [-0.2, -0.15) is 0 Å². The van der Waals surface area contributed by atoms with Gasteiger partial charge in [-0.15, -0.1) is 0 Å². The molecule has 0 spiro atoms. The Balaban J connectivity index is 0.00000133. The Kier molecular flexibility index (Phi) is 12.2. The Morgan fingerprint density at radius 1 is 1.25 bits per heavy atom. The van der Waals surface area contributed by atoms with Crippen LogP contribution in [-0.4, -0.2) is 30.0 Å². The van der Waals surface area contributed by atoms with E-state index in [0.29, 0.717) is 17.3 Å². The van der Waals surface area contributed by atoms with Crippen molar-refractivity contribution in [1.82, 2.24) is 0 Å². The molecule has 2 rings (SSSR count). The Morgan fingerprint density at radius 2 is 1.86 bits per heavy atom. The van der Waals surface area contributed by atoms with Crippen LogP contribution in [-0.2, 0) is 16.2 Å². The molecule has 2 aromatic carbocycles. The minimum absolute atomic E-state index is 0.250. The number of nitrogens with zero attached hydrogens (tertiary/aromatic N) is 1. The predicted molar refractivity (Wildman–Crippen MR) is 115 cm³/mol. The van der Waals surface area contributed by atoms with E-state index in [1.807, 2.05) is 57.2 Å². The van der Waals surface area contributed by atoms with Crippen LogP contribution < -0.4 is 5.73 Å². The number of hydrogen-bond donors (Lipinski definition) is 3. The van der Waals surface area contributed by atoms with Crippen LogP contribution >= 0.6 is 11.6 Å². The van der Waals surface area contributed by atoms with Crippen molar-refractivity contribution in [3.8, 4) is 0 Å². The summed E-state index contributed by atoms with van der Waals surface area (Å²) in [6, 6.07) is 11.7. The van der Waals surface area contributed by atoms with Gasteiger partial charge in [0.05, 0.1) is 5.71 Å². The number of carbonyl (C=O) groups is 1. The van der Waals surface area contributed by atoms with Gasteiger partial charge in [-0.05, 0) is 57.0 Å². The summed E-state index contributed by atoms with van der Waals surface area (Å²) in [6.45, 7) is 8.03. The number of rotatable bonds is 5. The van der Waals surface area contributed by atoms with E-state index >= 15 is 0 Å². The van der Waals surface area contributed by atoms with Gasteiger partial charge in [0, 0.05) is 34.5 Å². The standard InChI is InChI=1S/C19H21ClN2O.CH3NO.CH4O/c1-12-8-16(10-17(20)9-12)15(4)22-23-11-19-13(2)6-5-7-18(19)14(3)21;2-1-3;1-2/h5-10,21H,11H2,1-4H3;1H,(H2,2,3);2H,1H3/b21-14?,22-15+;;. The average Bonchev–Trinajstić information content (AvgIpc) is 2.64. The van der Waals surface area contributed by atoms with E-state index in [2.05, 4.69) is 10.9 Å². The summed E-state index contributed by atoms with van der Waals surface area (Å²) in [4.78, 5) is 14.1. The number of hydrogen-bond acceptors (Lipinski definition) is 5. The van der Waals surface area contributed by atoms with Crippen molar-refractivity contribution in [2.24, 2.45) is 10.9 Å². The van der Waals surface area contributed by atoms with Crippen LogP contribution in [0.1, 0.15) is 41.7 Å². The summed E-state index contributed by atoms with van der Waals surface area (Å²) in [7, 11) is 1.00. The first kappa shape index (κ1) is 25.3. The van der Waals surface area contributed by atoms with Crippen molar-refractivity contribution in [1.29, 1.82) is 5.41 Å². The fourth-order valence-electron chi connectivity index (χ4n) is 2.44. The van der Waals surface area contributed by atoms with Crippen LogP contribution in [0, 0.1) is 19.3 Å². The summed E-state index contributed by atoms with van der Waals surface area (Å²) in [5.74, 6) is 0. The Labute approximate surface area is 171 Å². The molecule has 2 aromatic rings. The fourth-order valence-corrected chi connectivity index (χ4v) is 2.73. The molecular weight excluding hydrogens is 378 g/mol. The highest BCUT2D eigenvalue weighted by Gasteiger charge is 2.08. The third kappa shape index (κ3) is 8.33. The van der Waals surface area contributed by atoms with Gasteiger partial charge in [-0.1, -0.05) is 35.0 Å². The van der Waals surface area contributed by atoms with E-state index in [0.717, 1.165) is 40.6 Å². The SMILES string of the molecule is CC(=N)c1cccc(C)c1CO/N=C(\C)c1cc(C)cc(Cl)c1.CO.NC=O. The number of nitrogens with two attached hydrogens (primary N) is 1. The lowest BCUT2D eigenvalue weighted by Crippen LogP contribution is -2.04. The van der Waals surface area contributed by atoms with Crippen molar-refractivity contribution < 1.29 is 14.7 Å². The molecule has 0 unspecified atom stereocenters. The van der Waals surface area contributed by atoms with Gasteiger partial charge in [0.25, 0.3) is 0 Å². The summed E-state index contributed by atoms with van der Waals surface area (Å²) in [6.07, 6.45) is 0.250. The van der Waals surface area contributed by atoms with Crippen molar-refractivity contribution in [3.63, 3.8) is 0 Å². The first-order valence-corrected chi connectivity index (χ1v) is 8.86. The zero-order valence-corrected chi connectivity index (χ0v) is 17.7. The van der Waals surface area contributed by atoms with E-state index < -0.39 is 0 Å². The van der Waals surface area contributed by atoms with Gasteiger partial charge in [-0.3, -0.25) is 4.79 Å². The molecule has 0 aliphatic carbocycles. The number of halogens is 1. The molecule has 28 heavy (non-hydrogen) atoms. The third-order valence-electron chi connectivity index (χ3n) is 3.68. The van der Waals surface area contributed by atoms with E-state index in [9.17, 15) is 0 Å². The number of benzene rings is 2. The number of primary amides is 1. The number of oxime groups is 1. The fraction of sp³-hybridized carbons (Fsp3) is 0.286. The number of amides is 1. The molecule has 0 fully saturated rings. The molecule has 4 N–H and O–H groups in total. The van der Waals surface area contributed by atoms with Crippen LogP contribution in [0.4, 0.5) is 0 Å². The number of carbonyl (C=O) groups excluding carboxylic acids is 1. The molecule has 0 bridgehead atoms. The highest BCUT2D eigenvalue weighted by molar-refractivity contribution is 6.31. The van der Waals surface area contributed by atoms with Crippen LogP contribution in [0.25, 0.3) is 0 Å². The lowest BCUT2D eigenvalue weighted by Gasteiger charge is -2.11. The minimum Gasteiger partial charge on any atom is -0.400 e. The third-order valence-corrected chi connectivity index (χ3v) is 3.90. The van der Waals surface area contributed by atoms with E-state index in [1.165, 1.54) is 0 Å². The number of nitrogens with one attached hydrogen (secondary N) is 1. The van der Waals surface area contributed by atoms with E-state index in [1.54, 1.807) is 6.92 Å². The molecule has 1 amide bonds. The maximum atomic E-state index is 8.58. The molecule has 0 radical (unpaired) electrons. The molecule has 152 valence electrons. The Hall–Kier alpha value is -2.70. The number of aliphatic hydroxyl groups is 1. The molecule has 0 atom stereocenters. The molecular formula is C21H28ClN3O3. The maximum Gasteiger partial charge on any atom is 0.204 e. The predicted octanol–water partition coefficient (Wildman–Crippen LogP) is 4.00. The highest BCUT2D eigenvalue weighted by atomic mass is 35.5. The molecule has 0 heterocycles. The highest BCUT2D eigenvalue weighted by Crippen LogP contribution is 2.18. The summed E-state index contributed by atoms with van der Waals surface area (Å²) in [5.41, 5.74) is 10.5. The quantitative estimate of drug-likeness (QED) is 0.397. The lowest BCUT2D eigenvalue weighted by atomic mass is 10.00. The lowest BCUT2D eigenvalue weighted by molar-refractivity contribution is -0.106. The van der Waals surface area contributed by atoms with Crippen molar-refractivity contribution >= 4 is 29.4 Å². The molecule has 0 aliphatic heterocycles. The van der Waals surface area contributed by atoms with Gasteiger partial charge in [0.15, 0.2) is 0 Å². The van der Waals surface area contributed by atoms with Crippen LogP contribution in [0.3, 0.4) is 0 Å². The summed E-state index contributed by atoms with van der Waals surface area (Å²) >= 11 is 6.08. The normalized spacial score (nSPS) is 10.0.